The van der Waals surface area contributed by atoms with E-state index in [2.05, 4.69) is 22.5 Å². The number of rotatable bonds is 4. The highest BCUT2D eigenvalue weighted by atomic mass is 32.2. The molecule has 1 heterocycles. The van der Waals surface area contributed by atoms with Gasteiger partial charge in [-0.2, -0.15) is 0 Å². The van der Waals surface area contributed by atoms with Crippen molar-refractivity contribution in [1.29, 1.82) is 0 Å². The van der Waals surface area contributed by atoms with Crippen LogP contribution in [0.1, 0.15) is 6.92 Å². The zero-order chi connectivity index (χ0) is 13.7. The Hall–Kier alpha value is -1.04. The third kappa shape index (κ3) is 4.23. The second kappa shape index (κ2) is 6.93. The van der Waals surface area contributed by atoms with E-state index in [4.69, 9.17) is 0 Å². The van der Waals surface area contributed by atoms with Crippen LogP contribution in [0.4, 0.5) is 5.69 Å². The minimum absolute atomic E-state index is 0.0654. The fourth-order valence-electron chi connectivity index (χ4n) is 2.30. The zero-order valence-electron chi connectivity index (χ0n) is 11.5. The van der Waals surface area contributed by atoms with E-state index in [1.165, 1.54) is 0 Å². The number of nitrogens with one attached hydrogen (secondary N) is 2. The van der Waals surface area contributed by atoms with Gasteiger partial charge in [-0.3, -0.25) is 9.69 Å². The first kappa shape index (κ1) is 14.4. The summed E-state index contributed by atoms with van der Waals surface area (Å²) < 4.78 is 0. The summed E-state index contributed by atoms with van der Waals surface area (Å²) in [5.41, 5.74) is 0.906. The van der Waals surface area contributed by atoms with Crippen LogP contribution in [0.3, 0.4) is 0 Å². The Balaban J connectivity index is 1.90. The number of hydrogen-bond donors (Lipinski definition) is 2. The molecule has 104 valence electrons. The predicted octanol–water partition coefficient (Wildman–Crippen LogP) is 1.64. The lowest BCUT2D eigenvalue weighted by Crippen LogP contribution is -2.51. The SMILES string of the molecule is CSc1ccccc1NC(=O)CN1CCN[C@@H](C)C1. The molecule has 0 bridgehead atoms. The van der Waals surface area contributed by atoms with Gasteiger partial charge in [0.2, 0.25) is 5.91 Å². The van der Waals surface area contributed by atoms with Gasteiger partial charge in [-0.1, -0.05) is 12.1 Å². The van der Waals surface area contributed by atoms with Crippen LogP contribution in [0.15, 0.2) is 29.2 Å². The van der Waals surface area contributed by atoms with Crippen molar-refractivity contribution in [2.24, 2.45) is 0 Å². The van der Waals surface area contributed by atoms with Crippen molar-refractivity contribution in [1.82, 2.24) is 10.2 Å². The molecule has 5 heteroatoms. The molecule has 0 radical (unpaired) electrons. The molecule has 4 nitrogen and oxygen atoms in total. The van der Waals surface area contributed by atoms with Crippen molar-refractivity contribution in [3.8, 4) is 0 Å². The van der Waals surface area contributed by atoms with Crippen LogP contribution in [0.5, 0.6) is 0 Å². The van der Waals surface area contributed by atoms with Crippen molar-refractivity contribution in [3.63, 3.8) is 0 Å². The molecule has 1 aromatic carbocycles. The van der Waals surface area contributed by atoms with Crippen molar-refractivity contribution in [2.75, 3.05) is 37.8 Å². The number of anilines is 1. The van der Waals surface area contributed by atoms with Gasteiger partial charge >= 0.3 is 0 Å². The Bertz CT molecular complexity index is 438. The number of piperazine rings is 1. The second-order valence-corrected chi connectivity index (χ2v) is 5.69. The van der Waals surface area contributed by atoms with Crippen molar-refractivity contribution in [2.45, 2.75) is 17.9 Å². The first-order chi connectivity index (χ1) is 9.19. The van der Waals surface area contributed by atoms with Gasteiger partial charge in [0.15, 0.2) is 0 Å². The molecule has 1 fully saturated rings. The average Bonchev–Trinajstić information content (AvgIpc) is 2.39. The van der Waals surface area contributed by atoms with Crippen molar-refractivity contribution >= 4 is 23.4 Å². The molecule has 0 aliphatic carbocycles. The Morgan fingerprint density at radius 3 is 3.05 bits per heavy atom. The third-order valence-corrected chi connectivity index (χ3v) is 4.00. The van der Waals surface area contributed by atoms with Gasteiger partial charge < -0.3 is 10.6 Å². The fourth-order valence-corrected chi connectivity index (χ4v) is 2.85. The highest BCUT2D eigenvalue weighted by Crippen LogP contribution is 2.24. The molecule has 2 N–H and O–H groups in total. The number of hydrogen-bond acceptors (Lipinski definition) is 4. The summed E-state index contributed by atoms with van der Waals surface area (Å²) in [6.45, 7) is 5.43. The average molecular weight is 279 g/mol. The summed E-state index contributed by atoms with van der Waals surface area (Å²) in [5, 5.41) is 6.38. The summed E-state index contributed by atoms with van der Waals surface area (Å²) in [6.07, 6.45) is 2.02. The van der Waals surface area contributed by atoms with Gasteiger partial charge in [0.05, 0.1) is 12.2 Å². The Morgan fingerprint density at radius 2 is 2.32 bits per heavy atom. The van der Waals surface area contributed by atoms with E-state index < -0.39 is 0 Å². The molecule has 1 aliphatic heterocycles. The molecular weight excluding hydrogens is 258 g/mol. The summed E-state index contributed by atoms with van der Waals surface area (Å²) in [7, 11) is 0. The van der Waals surface area contributed by atoms with E-state index >= 15 is 0 Å². The van der Waals surface area contributed by atoms with Crippen LogP contribution < -0.4 is 10.6 Å². The first-order valence-corrected chi connectivity index (χ1v) is 7.80. The van der Waals surface area contributed by atoms with Gasteiger partial charge in [0, 0.05) is 30.6 Å². The molecule has 1 aliphatic rings. The zero-order valence-corrected chi connectivity index (χ0v) is 12.3. The number of amides is 1. The normalized spacial score (nSPS) is 20.2. The monoisotopic (exact) mass is 279 g/mol. The lowest BCUT2D eigenvalue weighted by atomic mass is 10.2. The summed E-state index contributed by atoms with van der Waals surface area (Å²) >= 11 is 1.65. The molecule has 19 heavy (non-hydrogen) atoms. The smallest absolute Gasteiger partial charge is 0.238 e. The van der Waals surface area contributed by atoms with Crippen LogP contribution in [0.2, 0.25) is 0 Å². The topological polar surface area (TPSA) is 44.4 Å². The van der Waals surface area contributed by atoms with Crippen molar-refractivity contribution in [3.05, 3.63) is 24.3 Å². The minimum Gasteiger partial charge on any atom is -0.324 e. The van der Waals surface area contributed by atoms with Gasteiger partial charge in [-0.05, 0) is 25.3 Å². The van der Waals surface area contributed by atoms with Gasteiger partial charge in [-0.15, -0.1) is 11.8 Å². The maximum atomic E-state index is 12.1. The van der Waals surface area contributed by atoms with E-state index in [1.807, 2.05) is 30.5 Å². The molecule has 0 unspecified atom stereocenters. The van der Waals surface area contributed by atoms with Crippen molar-refractivity contribution < 1.29 is 4.79 Å². The number of carbonyl (C=O) groups excluding carboxylic acids is 1. The number of para-hydroxylation sites is 1. The number of nitrogens with zero attached hydrogens (tertiary/aromatic N) is 1. The summed E-state index contributed by atoms with van der Waals surface area (Å²) in [6, 6.07) is 8.36. The third-order valence-electron chi connectivity index (χ3n) is 3.20. The lowest BCUT2D eigenvalue weighted by molar-refractivity contribution is -0.117. The predicted molar refractivity (Wildman–Crippen MR) is 80.8 cm³/mol. The van der Waals surface area contributed by atoms with E-state index in [1.54, 1.807) is 11.8 Å². The molecule has 0 aromatic heterocycles. The quantitative estimate of drug-likeness (QED) is 0.823. The Kier molecular flexibility index (Phi) is 5.24. The molecule has 0 spiro atoms. The van der Waals surface area contributed by atoms with E-state index in [0.717, 1.165) is 30.2 Å². The van der Waals surface area contributed by atoms with E-state index in [9.17, 15) is 4.79 Å². The highest BCUT2D eigenvalue weighted by molar-refractivity contribution is 7.98. The molecule has 1 aromatic rings. The molecule has 0 saturated carbocycles. The van der Waals surface area contributed by atoms with E-state index in [0.29, 0.717) is 12.6 Å². The first-order valence-electron chi connectivity index (χ1n) is 6.57. The minimum atomic E-state index is 0.0654. The van der Waals surface area contributed by atoms with Gasteiger partial charge in [0.25, 0.3) is 0 Å². The van der Waals surface area contributed by atoms with Crippen LogP contribution in [-0.2, 0) is 4.79 Å². The number of carbonyl (C=O) groups is 1. The largest absolute Gasteiger partial charge is 0.324 e. The maximum Gasteiger partial charge on any atom is 0.238 e. The maximum absolute atomic E-state index is 12.1. The molecule has 2 rings (SSSR count). The van der Waals surface area contributed by atoms with Crippen LogP contribution in [0.25, 0.3) is 0 Å². The molecule has 1 saturated heterocycles. The summed E-state index contributed by atoms with van der Waals surface area (Å²) in [5.74, 6) is 0.0654. The standard InChI is InChI=1S/C14H21N3OS/c1-11-9-17(8-7-15-11)10-14(18)16-12-5-3-4-6-13(12)19-2/h3-6,11,15H,7-10H2,1-2H3,(H,16,18)/t11-/m0/s1. The lowest BCUT2D eigenvalue weighted by Gasteiger charge is -2.31. The molecule has 1 atom stereocenters. The van der Waals surface area contributed by atoms with Crippen LogP contribution in [0, 0.1) is 0 Å². The highest BCUT2D eigenvalue weighted by Gasteiger charge is 2.18. The van der Waals surface area contributed by atoms with Crippen LogP contribution in [-0.4, -0.2) is 49.3 Å². The molecular formula is C14H21N3OS. The second-order valence-electron chi connectivity index (χ2n) is 4.84. The number of thioether (sulfide) groups is 1. The number of benzene rings is 1. The van der Waals surface area contributed by atoms with E-state index in [-0.39, 0.29) is 5.91 Å². The van der Waals surface area contributed by atoms with Gasteiger partial charge in [0.1, 0.15) is 0 Å². The molecule has 1 amide bonds. The van der Waals surface area contributed by atoms with Gasteiger partial charge in [-0.25, -0.2) is 0 Å². The Labute approximate surface area is 118 Å². The Morgan fingerprint density at radius 1 is 1.53 bits per heavy atom. The van der Waals surface area contributed by atoms with Crippen LogP contribution >= 0.6 is 11.8 Å². The summed E-state index contributed by atoms with van der Waals surface area (Å²) in [4.78, 5) is 15.4. The fraction of sp³-hybridized carbons (Fsp3) is 0.500.